The predicted octanol–water partition coefficient (Wildman–Crippen LogP) is 7.46. The third kappa shape index (κ3) is 5.53. The lowest BCUT2D eigenvalue weighted by molar-refractivity contribution is 0.564. The lowest BCUT2D eigenvalue weighted by Gasteiger charge is -2.18. The Bertz CT molecular complexity index is 2650. The van der Waals surface area contributed by atoms with Crippen molar-refractivity contribution in [2.75, 3.05) is 0 Å². The molecule has 7 rings (SSSR count). The maximum absolute atomic E-state index is 14.7. The summed E-state index contributed by atoms with van der Waals surface area (Å²) < 4.78 is 2.32. The Morgan fingerprint density at radius 3 is 0.941 bits per heavy atom. The van der Waals surface area contributed by atoms with E-state index in [0.717, 1.165) is 13.7 Å². The van der Waals surface area contributed by atoms with Gasteiger partial charge in [0.05, 0.1) is 34.1 Å². The topological polar surface area (TPSA) is 154 Å². The third-order valence-corrected chi connectivity index (χ3v) is 8.77. The molecule has 12 nitrogen and oxygen atoms in total. The largest absolute Gasteiger partial charge is 0.345 e. The fourth-order valence-corrected chi connectivity index (χ4v) is 6.76. The van der Waals surface area contributed by atoms with Crippen LogP contribution in [0.1, 0.15) is 0 Å². The van der Waals surface area contributed by atoms with Gasteiger partial charge in [-0.3, -0.25) is 0 Å². The molecule has 7 aromatic rings. The first kappa shape index (κ1) is 33.0. The average Bonchev–Trinajstić information content (AvgIpc) is 3.09. The summed E-state index contributed by atoms with van der Waals surface area (Å²) in [4.78, 5) is 89.2. The number of carbonyl (C=O) groups excluding carboxylic acids is 3. The van der Waals surface area contributed by atoms with Crippen LogP contribution in [0.4, 0.5) is 17.1 Å². The molecule has 15 heteroatoms. The Morgan fingerprint density at radius 2 is 0.686 bits per heavy atom. The molecule has 0 spiro atoms. The standard InChI is InChI=1S/C36H15Cl3N6O6/c37-19-10-25-22(28(13-19)40-16-46)4-1-7-31(25)43-34(49)44(32-8-2-5-23-26(32)11-20(38)14-29(23)41-17-47)36(51)45(35(43)50)33-9-3-6-24-27(33)12-21(39)15-30(24)42-18-48/h1-15H. The molecule has 246 valence electrons. The first-order chi connectivity index (χ1) is 24.7. The highest BCUT2D eigenvalue weighted by atomic mass is 35.5. The number of halogens is 3. The highest BCUT2D eigenvalue weighted by Crippen LogP contribution is 2.36. The molecule has 0 bridgehead atoms. The molecule has 0 unspecified atom stereocenters. The van der Waals surface area contributed by atoms with Gasteiger partial charge < -0.3 is 0 Å². The van der Waals surface area contributed by atoms with Crippen LogP contribution in [0.2, 0.25) is 15.1 Å². The van der Waals surface area contributed by atoms with E-state index in [4.69, 9.17) is 34.8 Å². The molecule has 1 aromatic heterocycles. The summed E-state index contributed by atoms with van der Waals surface area (Å²) in [5, 5.41) is 2.14. The van der Waals surface area contributed by atoms with Gasteiger partial charge in [0.2, 0.25) is 18.2 Å². The monoisotopic (exact) mass is 732 g/mol. The fraction of sp³-hybridized carbons (Fsp3) is 0. The molecular formula is C36H15Cl3N6O6. The second-order valence-corrected chi connectivity index (χ2v) is 12.2. The number of hydrogen-bond acceptors (Lipinski definition) is 9. The van der Waals surface area contributed by atoms with Crippen LogP contribution in [0.25, 0.3) is 49.4 Å². The van der Waals surface area contributed by atoms with E-state index in [1.54, 1.807) is 18.2 Å². The fourth-order valence-electron chi connectivity index (χ4n) is 6.12. The van der Waals surface area contributed by atoms with Crippen LogP contribution in [0, 0.1) is 0 Å². The van der Waals surface area contributed by atoms with Crippen LogP contribution in [0.5, 0.6) is 0 Å². The number of nitrogens with zero attached hydrogens (tertiary/aromatic N) is 6. The SMILES string of the molecule is O=C=Nc1cc(Cl)cc2c(-n3c(=O)n(-c4cccc5c(N=C=O)cc(Cl)cc45)c(=O)n(-c4cccc5c(N=C=O)cc(Cl)cc45)c3=O)cccc12. The molecule has 0 fully saturated rings. The number of hydrogen-bond donors (Lipinski definition) is 0. The average molecular weight is 734 g/mol. The van der Waals surface area contributed by atoms with Gasteiger partial charge in [-0.2, -0.15) is 15.0 Å². The quantitative estimate of drug-likeness (QED) is 0.128. The zero-order chi connectivity index (χ0) is 36.0. The molecule has 0 N–H and O–H groups in total. The van der Waals surface area contributed by atoms with E-state index in [-0.39, 0.29) is 65.4 Å². The van der Waals surface area contributed by atoms with E-state index in [9.17, 15) is 28.8 Å². The first-order valence-electron chi connectivity index (χ1n) is 14.6. The molecule has 51 heavy (non-hydrogen) atoms. The van der Waals surface area contributed by atoms with E-state index < -0.39 is 17.1 Å². The molecule has 0 saturated carbocycles. The molecule has 0 amide bonds. The van der Waals surface area contributed by atoms with E-state index in [2.05, 4.69) is 15.0 Å². The van der Waals surface area contributed by atoms with Gasteiger partial charge in [0.25, 0.3) is 0 Å². The Hall–Kier alpha value is -6.48. The third-order valence-electron chi connectivity index (χ3n) is 8.12. The van der Waals surface area contributed by atoms with Gasteiger partial charge in [-0.1, -0.05) is 71.2 Å². The lowest BCUT2D eigenvalue weighted by Crippen LogP contribution is -2.52. The molecule has 1 heterocycles. The number of rotatable bonds is 6. The van der Waals surface area contributed by atoms with E-state index in [0.29, 0.717) is 16.2 Å². The van der Waals surface area contributed by atoms with Crippen LogP contribution in [-0.2, 0) is 14.4 Å². The number of aromatic nitrogens is 3. The Kier molecular flexibility index (Phi) is 8.48. The normalized spacial score (nSPS) is 10.9. The number of fused-ring (bicyclic) bond motifs is 3. The number of benzene rings is 6. The van der Waals surface area contributed by atoms with Crippen molar-refractivity contribution in [3.8, 4) is 17.1 Å². The summed E-state index contributed by atoms with van der Waals surface area (Å²) in [5.74, 6) is 0. The molecule has 0 saturated heterocycles. The van der Waals surface area contributed by atoms with Gasteiger partial charge in [0.15, 0.2) is 0 Å². The zero-order valence-electron chi connectivity index (χ0n) is 25.4. The van der Waals surface area contributed by atoms with Crippen LogP contribution in [-0.4, -0.2) is 31.9 Å². The molecular weight excluding hydrogens is 719 g/mol. The Morgan fingerprint density at radius 1 is 0.412 bits per heavy atom. The van der Waals surface area contributed by atoms with Gasteiger partial charge in [-0.05, 0) is 54.6 Å². The van der Waals surface area contributed by atoms with Crippen LogP contribution < -0.4 is 17.1 Å². The summed E-state index contributed by atoms with van der Waals surface area (Å²) in [6.07, 6.45) is 4.43. The summed E-state index contributed by atoms with van der Waals surface area (Å²) in [6, 6.07) is 22.5. The predicted molar refractivity (Wildman–Crippen MR) is 194 cm³/mol. The van der Waals surface area contributed by atoms with Crippen molar-refractivity contribution in [3.05, 3.63) is 138 Å². The maximum Gasteiger partial charge on any atom is 0.345 e. The first-order valence-corrected chi connectivity index (χ1v) is 15.7. The van der Waals surface area contributed by atoms with Gasteiger partial charge in [-0.15, -0.1) is 0 Å². The minimum atomic E-state index is -1.09. The van der Waals surface area contributed by atoms with E-state index in [1.807, 2.05) is 0 Å². The second kappa shape index (κ2) is 13.1. The molecule has 6 aromatic carbocycles. The van der Waals surface area contributed by atoms with Crippen molar-refractivity contribution in [1.82, 2.24) is 13.7 Å². The summed E-state index contributed by atoms with van der Waals surface area (Å²) in [6.45, 7) is 0. The van der Waals surface area contributed by atoms with Crippen molar-refractivity contribution in [3.63, 3.8) is 0 Å². The highest BCUT2D eigenvalue weighted by Gasteiger charge is 2.24. The van der Waals surface area contributed by atoms with Crippen LogP contribution >= 0.6 is 34.8 Å². The van der Waals surface area contributed by atoms with Gasteiger partial charge in [0, 0.05) is 47.4 Å². The van der Waals surface area contributed by atoms with Crippen molar-refractivity contribution in [1.29, 1.82) is 0 Å². The van der Waals surface area contributed by atoms with E-state index >= 15 is 0 Å². The molecule has 0 aliphatic rings. The van der Waals surface area contributed by atoms with Crippen molar-refractivity contribution >= 4 is 102 Å². The highest BCUT2D eigenvalue weighted by molar-refractivity contribution is 6.33. The van der Waals surface area contributed by atoms with Crippen molar-refractivity contribution < 1.29 is 14.4 Å². The van der Waals surface area contributed by atoms with Gasteiger partial charge in [-0.25, -0.2) is 42.5 Å². The molecule has 0 atom stereocenters. The number of aliphatic imine (C=N–C) groups is 3. The zero-order valence-corrected chi connectivity index (χ0v) is 27.7. The summed E-state index contributed by atoms with van der Waals surface area (Å²) in [7, 11) is 0. The van der Waals surface area contributed by atoms with Crippen molar-refractivity contribution in [2.45, 2.75) is 0 Å². The van der Waals surface area contributed by atoms with Crippen molar-refractivity contribution in [2.24, 2.45) is 15.0 Å². The van der Waals surface area contributed by atoms with Crippen LogP contribution in [0.3, 0.4) is 0 Å². The second-order valence-electron chi connectivity index (χ2n) is 10.9. The van der Waals surface area contributed by atoms with Gasteiger partial charge >= 0.3 is 17.1 Å². The Balaban J connectivity index is 1.72. The minimum Gasteiger partial charge on any atom is -0.246 e. The van der Waals surface area contributed by atoms with Crippen LogP contribution in [0.15, 0.2) is 120 Å². The summed E-state index contributed by atoms with van der Waals surface area (Å²) >= 11 is 19.2. The lowest BCUT2D eigenvalue weighted by atomic mass is 10.1. The minimum absolute atomic E-state index is 0.0103. The Labute approximate surface area is 299 Å². The molecule has 0 aliphatic carbocycles. The summed E-state index contributed by atoms with van der Waals surface area (Å²) in [5.41, 5.74) is -2.94. The maximum atomic E-state index is 14.7. The smallest absolute Gasteiger partial charge is 0.246 e. The number of isocyanates is 3. The molecule has 0 radical (unpaired) electrons. The van der Waals surface area contributed by atoms with Gasteiger partial charge in [0.1, 0.15) is 0 Å². The molecule has 0 aliphatic heterocycles. The van der Waals surface area contributed by atoms with E-state index in [1.165, 1.54) is 91.0 Å².